The number of nitrogens with zero attached hydrogens (tertiary/aromatic N) is 2. The van der Waals surface area contributed by atoms with Gasteiger partial charge in [-0.2, -0.15) is 0 Å². The zero-order chi connectivity index (χ0) is 13.7. The molecule has 1 saturated heterocycles. The van der Waals surface area contributed by atoms with Gasteiger partial charge in [-0.1, -0.05) is 0 Å². The highest BCUT2D eigenvalue weighted by molar-refractivity contribution is 5.82. The highest BCUT2D eigenvalue weighted by atomic mass is 16.4. The van der Waals surface area contributed by atoms with Gasteiger partial charge in [-0.25, -0.2) is 0 Å². The monoisotopic (exact) mass is 257 g/mol. The summed E-state index contributed by atoms with van der Waals surface area (Å²) in [5, 5.41) is 8.60. The highest BCUT2D eigenvalue weighted by Gasteiger charge is 2.27. The summed E-state index contributed by atoms with van der Waals surface area (Å²) in [5.41, 5.74) is 5.78. The minimum absolute atomic E-state index is 0.0605. The van der Waals surface area contributed by atoms with Crippen molar-refractivity contribution in [3.8, 4) is 0 Å². The third-order valence-corrected chi connectivity index (χ3v) is 3.32. The lowest BCUT2D eigenvalue weighted by molar-refractivity contribution is -0.138. The molecule has 2 unspecified atom stereocenters. The average Bonchev–Trinajstić information content (AvgIpc) is 2.45. The van der Waals surface area contributed by atoms with Gasteiger partial charge in [0.15, 0.2) is 0 Å². The van der Waals surface area contributed by atoms with Gasteiger partial charge >= 0.3 is 5.97 Å². The summed E-state index contributed by atoms with van der Waals surface area (Å²) in [4.78, 5) is 26.6. The van der Waals surface area contributed by atoms with Gasteiger partial charge in [0.2, 0.25) is 5.91 Å². The molecule has 18 heavy (non-hydrogen) atoms. The molecule has 0 bridgehead atoms. The fraction of sp³-hybridized carbons (Fsp3) is 0.833. The molecule has 1 fully saturated rings. The van der Waals surface area contributed by atoms with E-state index in [0.717, 1.165) is 19.5 Å². The SMILES string of the molecule is CC1CN(C)CCCN1C(=O)C(N)CCC(=O)O. The Bertz CT molecular complexity index is 309. The number of carbonyl (C=O) groups excluding carboxylic acids is 1. The molecule has 6 nitrogen and oxygen atoms in total. The normalized spacial score (nSPS) is 23.5. The Morgan fingerprint density at radius 3 is 2.72 bits per heavy atom. The van der Waals surface area contributed by atoms with Crippen LogP contribution in [0.15, 0.2) is 0 Å². The Labute approximate surface area is 108 Å². The fourth-order valence-corrected chi connectivity index (χ4v) is 2.32. The van der Waals surface area contributed by atoms with Gasteiger partial charge in [-0.05, 0) is 33.4 Å². The van der Waals surface area contributed by atoms with E-state index in [-0.39, 0.29) is 24.8 Å². The number of nitrogens with two attached hydrogens (primary N) is 1. The number of hydrogen-bond acceptors (Lipinski definition) is 4. The molecule has 1 rings (SSSR count). The number of rotatable bonds is 4. The van der Waals surface area contributed by atoms with Crippen LogP contribution in [-0.4, -0.2) is 65.5 Å². The smallest absolute Gasteiger partial charge is 0.303 e. The van der Waals surface area contributed by atoms with Crippen LogP contribution < -0.4 is 5.73 Å². The summed E-state index contributed by atoms with van der Waals surface area (Å²) in [6, 6.07) is -0.576. The number of carboxylic acids is 1. The van der Waals surface area contributed by atoms with Crippen molar-refractivity contribution in [3.63, 3.8) is 0 Å². The van der Waals surface area contributed by atoms with E-state index >= 15 is 0 Å². The lowest BCUT2D eigenvalue weighted by atomic mass is 10.1. The third-order valence-electron chi connectivity index (χ3n) is 3.32. The van der Waals surface area contributed by atoms with Gasteiger partial charge in [-0.15, -0.1) is 0 Å². The summed E-state index contributed by atoms with van der Waals surface area (Å²) in [5.74, 6) is -1.04. The van der Waals surface area contributed by atoms with Gasteiger partial charge in [0, 0.05) is 25.6 Å². The third kappa shape index (κ3) is 4.27. The van der Waals surface area contributed by atoms with Crippen molar-refractivity contribution in [2.45, 2.75) is 38.3 Å². The Hall–Kier alpha value is -1.14. The number of carbonyl (C=O) groups is 2. The van der Waals surface area contributed by atoms with E-state index in [1.165, 1.54) is 0 Å². The first-order valence-electron chi connectivity index (χ1n) is 6.38. The van der Waals surface area contributed by atoms with Gasteiger partial charge in [0.1, 0.15) is 0 Å². The van der Waals surface area contributed by atoms with Gasteiger partial charge in [0.25, 0.3) is 0 Å². The first-order valence-corrected chi connectivity index (χ1v) is 6.38. The fourth-order valence-electron chi connectivity index (χ4n) is 2.32. The van der Waals surface area contributed by atoms with Crippen molar-refractivity contribution in [2.24, 2.45) is 5.73 Å². The summed E-state index contributed by atoms with van der Waals surface area (Å²) in [6.07, 6.45) is 1.07. The molecule has 104 valence electrons. The van der Waals surface area contributed by atoms with Crippen LogP contribution in [0.3, 0.4) is 0 Å². The summed E-state index contributed by atoms with van der Waals surface area (Å²) >= 11 is 0. The standard InChI is InChI=1S/C12H23N3O3/c1-9-8-14(2)6-3-7-15(9)12(18)10(13)4-5-11(16)17/h9-10H,3-8,13H2,1-2H3,(H,16,17). The second-order valence-electron chi connectivity index (χ2n) is 5.04. The van der Waals surface area contributed by atoms with Crippen LogP contribution in [-0.2, 0) is 9.59 Å². The first kappa shape index (κ1) is 14.9. The van der Waals surface area contributed by atoms with Gasteiger partial charge < -0.3 is 20.6 Å². The van der Waals surface area contributed by atoms with E-state index in [9.17, 15) is 9.59 Å². The molecule has 0 radical (unpaired) electrons. The number of hydrogen-bond donors (Lipinski definition) is 2. The van der Waals surface area contributed by atoms with Crippen LogP contribution >= 0.6 is 0 Å². The summed E-state index contributed by atoms with van der Waals surface area (Å²) in [7, 11) is 2.04. The van der Waals surface area contributed by atoms with Crippen molar-refractivity contribution in [1.29, 1.82) is 0 Å². The van der Waals surface area contributed by atoms with E-state index in [1.807, 2.05) is 14.0 Å². The van der Waals surface area contributed by atoms with Crippen LogP contribution in [0, 0.1) is 0 Å². The summed E-state index contributed by atoms with van der Waals surface area (Å²) in [6.45, 7) is 4.50. The lowest BCUT2D eigenvalue weighted by Crippen LogP contribution is -2.49. The number of aliphatic carboxylic acids is 1. The molecule has 0 spiro atoms. The number of amides is 1. The second kappa shape index (κ2) is 6.70. The van der Waals surface area contributed by atoms with Crippen molar-refractivity contribution < 1.29 is 14.7 Å². The molecule has 2 atom stereocenters. The van der Waals surface area contributed by atoms with E-state index in [1.54, 1.807) is 4.90 Å². The number of likely N-dealkylation sites (N-methyl/N-ethyl adjacent to an activating group) is 1. The van der Waals surface area contributed by atoms with Crippen LogP contribution in [0.2, 0.25) is 0 Å². The highest BCUT2D eigenvalue weighted by Crippen LogP contribution is 2.11. The Morgan fingerprint density at radius 2 is 2.11 bits per heavy atom. The molecule has 0 aromatic carbocycles. The zero-order valence-corrected chi connectivity index (χ0v) is 11.1. The maximum atomic E-state index is 12.2. The molecule has 0 aromatic heterocycles. The molecule has 1 aliphatic heterocycles. The molecule has 0 aromatic rings. The predicted molar refractivity (Wildman–Crippen MR) is 68.1 cm³/mol. The maximum Gasteiger partial charge on any atom is 0.303 e. The molecule has 0 saturated carbocycles. The average molecular weight is 257 g/mol. The Balaban J connectivity index is 2.55. The largest absolute Gasteiger partial charge is 0.481 e. The molecular formula is C12H23N3O3. The molecule has 6 heteroatoms. The number of carboxylic acid groups (broad SMARTS) is 1. The lowest BCUT2D eigenvalue weighted by Gasteiger charge is -2.30. The Morgan fingerprint density at radius 1 is 1.44 bits per heavy atom. The van der Waals surface area contributed by atoms with E-state index < -0.39 is 12.0 Å². The van der Waals surface area contributed by atoms with Gasteiger partial charge in [-0.3, -0.25) is 9.59 Å². The molecule has 1 amide bonds. The predicted octanol–water partition coefficient (Wildman–Crippen LogP) is -0.269. The van der Waals surface area contributed by atoms with E-state index in [2.05, 4.69) is 4.90 Å². The van der Waals surface area contributed by atoms with Crippen molar-refractivity contribution in [3.05, 3.63) is 0 Å². The van der Waals surface area contributed by atoms with Gasteiger partial charge in [0.05, 0.1) is 6.04 Å². The second-order valence-corrected chi connectivity index (χ2v) is 5.04. The van der Waals surface area contributed by atoms with Crippen molar-refractivity contribution >= 4 is 11.9 Å². The van der Waals surface area contributed by atoms with Crippen LogP contribution in [0.5, 0.6) is 0 Å². The van der Waals surface area contributed by atoms with Crippen LogP contribution in [0.25, 0.3) is 0 Å². The molecule has 1 aliphatic rings. The van der Waals surface area contributed by atoms with E-state index in [4.69, 9.17) is 10.8 Å². The van der Waals surface area contributed by atoms with Crippen LogP contribution in [0.4, 0.5) is 0 Å². The van der Waals surface area contributed by atoms with Crippen LogP contribution in [0.1, 0.15) is 26.2 Å². The zero-order valence-electron chi connectivity index (χ0n) is 11.1. The molecular weight excluding hydrogens is 234 g/mol. The molecule has 1 heterocycles. The molecule has 3 N–H and O–H groups in total. The Kier molecular flexibility index (Phi) is 5.55. The van der Waals surface area contributed by atoms with E-state index in [0.29, 0.717) is 6.54 Å². The topological polar surface area (TPSA) is 86.9 Å². The molecule has 0 aliphatic carbocycles. The maximum absolute atomic E-state index is 12.2. The minimum atomic E-state index is -0.915. The van der Waals surface area contributed by atoms with Crippen molar-refractivity contribution in [1.82, 2.24) is 9.80 Å². The van der Waals surface area contributed by atoms with Crippen molar-refractivity contribution in [2.75, 3.05) is 26.7 Å². The first-order chi connectivity index (χ1) is 8.41. The minimum Gasteiger partial charge on any atom is -0.481 e. The quantitative estimate of drug-likeness (QED) is 0.724. The summed E-state index contributed by atoms with van der Waals surface area (Å²) < 4.78 is 0.